The van der Waals surface area contributed by atoms with E-state index in [4.69, 9.17) is 0 Å². The van der Waals surface area contributed by atoms with Crippen LogP contribution in [0.15, 0.2) is 0 Å². The third kappa shape index (κ3) is 7.61. The SMILES string of the molecule is CCNC(C)CC(=O)NCCS(=O)(=O)NC. The van der Waals surface area contributed by atoms with Crippen LogP contribution in [0.2, 0.25) is 0 Å². The first-order valence-corrected chi connectivity index (χ1v) is 6.97. The summed E-state index contributed by atoms with van der Waals surface area (Å²) in [5, 5.41) is 5.67. The van der Waals surface area contributed by atoms with Gasteiger partial charge in [0.05, 0.1) is 5.75 Å². The Morgan fingerprint density at radius 1 is 1.38 bits per heavy atom. The lowest BCUT2D eigenvalue weighted by atomic mass is 10.2. The maximum atomic E-state index is 11.3. The molecule has 0 fully saturated rings. The van der Waals surface area contributed by atoms with Crippen LogP contribution in [0, 0.1) is 0 Å². The van der Waals surface area contributed by atoms with Gasteiger partial charge in [-0.15, -0.1) is 0 Å². The van der Waals surface area contributed by atoms with Gasteiger partial charge in [-0.3, -0.25) is 4.79 Å². The third-order valence-electron chi connectivity index (χ3n) is 2.05. The van der Waals surface area contributed by atoms with Crippen LogP contribution in [0.4, 0.5) is 0 Å². The smallest absolute Gasteiger partial charge is 0.221 e. The Morgan fingerprint density at radius 2 is 2.00 bits per heavy atom. The molecule has 0 heterocycles. The highest BCUT2D eigenvalue weighted by Gasteiger charge is 2.10. The topological polar surface area (TPSA) is 87.3 Å². The monoisotopic (exact) mass is 251 g/mol. The van der Waals surface area contributed by atoms with E-state index in [9.17, 15) is 13.2 Å². The molecule has 0 bridgehead atoms. The molecule has 1 unspecified atom stereocenters. The molecule has 96 valence electrons. The minimum absolute atomic E-state index is 0.0924. The number of rotatable bonds is 8. The molecular weight excluding hydrogens is 230 g/mol. The minimum atomic E-state index is -3.23. The van der Waals surface area contributed by atoms with Crippen molar-refractivity contribution < 1.29 is 13.2 Å². The van der Waals surface area contributed by atoms with E-state index < -0.39 is 10.0 Å². The van der Waals surface area contributed by atoms with Crippen LogP contribution in [0.3, 0.4) is 0 Å². The Hall–Kier alpha value is -0.660. The Balaban J connectivity index is 3.74. The molecular formula is C9H21N3O3S. The number of sulfonamides is 1. The molecule has 0 rings (SSSR count). The molecule has 6 nitrogen and oxygen atoms in total. The second-order valence-electron chi connectivity index (χ2n) is 3.54. The summed E-state index contributed by atoms with van der Waals surface area (Å²) in [6.45, 7) is 4.82. The normalized spacial score (nSPS) is 13.4. The zero-order valence-electron chi connectivity index (χ0n) is 10.0. The van der Waals surface area contributed by atoms with E-state index in [1.807, 2.05) is 13.8 Å². The molecule has 0 aromatic rings. The fourth-order valence-electron chi connectivity index (χ4n) is 1.20. The van der Waals surface area contributed by atoms with Crippen LogP contribution < -0.4 is 15.4 Å². The average molecular weight is 251 g/mol. The summed E-state index contributed by atoms with van der Waals surface area (Å²) in [6.07, 6.45) is 0.355. The second-order valence-corrected chi connectivity index (χ2v) is 5.58. The highest BCUT2D eigenvalue weighted by atomic mass is 32.2. The third-order valence-corrected chi connectivity index (χ3v) is 3.41. The summed E-state index contributed by atoms with van der Waals surface area (Å²) < 4.78 is 24.2. The van der Waals surface area contributed by atoms with Crippen molar-refractivity contribution in [2.45, 2.75) is 26.3 Å². The summed E-state index contributed by atoms with van der Waals surface area (Å²) in [5.41, 5.74) is 0. The van der Waals surface area contributed by atoms with E-state index in [1.165, 1.54) is 7.05 Å². The summed E-state index contributed by atoms with van der Waals surface area (Å²) in [5.74, 6) is -0.232. The van der Waals surface area contributed by atoms with Crippen molar-refractivity contribution in [3.05, 3.63) is 0 Å². The Labute approximate surface area is 97.2 Å². The summed E-state index contributed by atoms with van der Waals surface area (Å²) in [4.78, 5) is 11.3. The van der Waals surface area contributed by atoms with Crippen molar-refractivity contribution >= 4 is 15.9 Å². The van der Waals surface area contributed by atoms with Crippen molar-refractivity contribution in [2.75, 3.05) is 25.9 Å². The van der Waals surface area contributed by atoms with Gasteiger partial charge in [-0.05, 0) is 20.5 Å². The lowest BCUT2D eigenvalue weighted by molar-refractivity contribution is -0.121. The molecule has 0 saturated carbocycles. The standard InChI is InChI=1S/C9H21N3O3S/c1-4-11-8(2)7-9(13)12-5-6-16(14,15)10-3/h8,10-11H,4-7H2,1-3H3,(H,12,13). The number of hydrogen-bond donors (Lipinski definition) is 3. The average Bonchev–Trinajstić information content (AvgIpc) is 2.17. The maximum Gasteiger partial charge on any atom is 0.221 e. The van der Waals surface area contributed by atoms with Gasteiger partial charge in [0.25, 0.3) is 0 Å². The van der Waals surface area contributed by atoms with Crippen molar-refractivity contribution in [1.82, 2.24) is 15.4 Å². The van der Waals surface area contributed by atoms with Gasteiger partial charge in [-0.25, -0.2) is 13.1 Å². The van der Waals surface area contributed by atoms with Gasteiger partial charge in [0.15, 0.2) is 0 Å². The number of carbonyl (C=O) groups excluding carboxylic acids is 1. The first-order valence-electron chi connectivity index (χ1n) is 5.32. The number of carbonyl (C=O) groups is 1. The van der Waals surface area contributed by atoms with Gasteiger partial charge >= 0.3 is 0 Å². The largest absolute Gasteiger partial charge is 0.355 e. The number of amides is 1. The molecule has 0 radical (unpaired) electrons. The number of hydrogen-bond acceptors (Lipinski definition) is 4. The molecule has 0 saturated heterocycles. The van der Waals surface area contributed by atoms with Crippen LogP contribution in [-0.4, -0.2) is 46.3 Å². The van der Waals surface area contributed by atoms with Crippen LogP contribution in [0.1, 0.15) is 20.3 Å². The van der Waals surface area contributed by atoms with Crippen LogP contribution in [0.5, 0.6) is 0 Å². The van der Waals surface area contributed by atoms with E-state index in [2.05, 4.69) is 15.4 Å². The van der Waals surface area contributed by atoms with Crippen molar-refractivity contribution in [2.24, 2.45) is 0 Å². The quantitative estimate of drug-likeness (QED) is 0.518. The van der Waals surface area contributed by atoms with Crippen molar-refractivity contribution in [1.29, 1.82) is 0 Å². The molecule has 0 aliphatic carbocycles. The lowest BCUT2D eigenvalue weighted by Crippen LogP contribution is -2.36. The molecule has 16 heavy (non-hydrogen) atoms. The van der Waals surface area contributed by atoms with E-state index in [1.54, 1.807) is 0 Å². The molecule has 1 amide bonds. The molecule has 3 N–H and O–H groups in total. The van der Waals surface area contributed by atoms with Crippen LogP contribution in [0.25, 0.3) is 0 Å². The molecule has 0 aliphatic rings. The minimum Gasteiger partial charge on any atom is -0.355 e. The molecule has 7 heteroatoms. The van der Waals surface area contributed by atoms with E-state index in [-0.39, 0.29) is 24.2 Å². The predicted octanol–water partition coefficient (Wildman–Crippen LogP) is -0.960. The molecule has 0 spiro atoms. The van der Waals surface area contributed by atoms with Gasteiger partial charge in [-0.2, -0.15) is 0 Å². The Bertz CT molecular complexity index is 303. The fourth-order valence-corrected chi connectivity index (χ4v) is 1.77. The molecule has 1 atom stereocenters. The van der Waals surface area contributed by atoms with Crippen molar-refractivity contribution in [3.8, 4) is 0 Å². The van der Waals surface area contributed by atoms with Gasteiger partial charge in [-0.1, -0.05) is 6.92 Å². The fraction of sp³-hybridized carbons (Fsp3) is 0.889. The molecule has 0 aromatic carbocycles. The van der Waals surface area contributed by atoms with E-state index in [0.29, 0.717) is 6.42 Å². The predicted molar refractivity (Wildman–Crippen MR) is 63.6 cm³/mol. The highest BCUT2D eigenvalue weighted by Crippen LogP contribution is 1.90. The van der Waals surface area contributed by atoms with Gasteiger partial charge in [0, 0.05) is 19.0 Å². The van der Waals surface area contributed by atoms with Gasteiger partial charge < -0.3 is 10.6 Å². The lowest BCUT2D eigenvalue weighted by Gasteiger charge is -2.11. The van der Waals surface area contributed by atoms with Gasteiger partial charge in [0.1, 0.15) is 0 Å². The second kappa shape index (κ2) is 7.59. The highest BCUT2D eigenvalue weighted by molar-refractivity contribution is 7.89. The number of nitrogens with one attached hydrogen (secondary N) is 3. The first kappa shape index (κ1) is 15.3. The van der Waals surface area contributed by atoms with Crippen LogP contribution in [-0.2, 0) is 14.8 Å². The van der Waals surface area contributed by atoms with E-state index in [0.717, 1.165) is 6.54 Å². The summed E-state index contributed by atoms with van der Waals surface area (Å²) >= 11 is 0. The molecule has 0 aliphatic heterocycles. The van der Waals surface area contributed by atoms with E-state index >= 15 is 0 Å². The maximum absolute atomic E-state index is 11.3. The Morgan fingerprint density at radius 3 is 2.50 bits per heavy atom. The summed E-state index contributed by atoms with van der Waals surface area (Å²) in [7, 11) is -1.88. The zero-order valence-corrected chi connectivity index (χ0v) is 10.9. The zero-order chi connectivity index (χ0) is 12.6. The molecule has 0 aromatic heterocycles. The van der Waals surface area contributed by atoms with Crippen molar-refractivity contribution in [3.63, 3.8) is 0 Å². The van der Waals surface area contributed by atoms with Crippen LogP contribution >= 0.6 is 0 Å². The Kier molecular flexibility index (Phi) is 7.27. The first-order chi connectivity index (χ1) is 7.41. The summed E-state index contributed by atoms with van der Waals surface area (Å²) in [6, 6.07) is 0.103. The van der Waals surface area contributed by atoms with Gasteiger partial charge in [0.2, 0.25) is 15.9 Å².